The molecule has 1 aromatic rings. The highest BCUT2D eigenvalue weighted by molar-refractivity contribution is 5.78. The molecule has 5 nitrogen and oxygen atoms in total. The summed E-state index contributed by atoms with van der Waals surface area (Å²) >= 11 is 0. The Balaban J connectivity index is 1.79. The summed E-state index contributed by atoms with van der Waals surface area (Å²) in [5.41, 5.74) is 1.15. The van der Waals surface area contributed by atoms with Crippen LogP contribution in [0.4, 0.5) is 0 Å². The van der Waals surface area contributed by atoms with Crippen molar-refractivity contribution in [2.45, 2.75) is 12.3 Å². The molecule has 2 N–H and O–H groups in total. The number of carbonyl (C=O) groups is 1. The molecule has 1 aromatic carbocycles. The van der Waals surface area contributed by atoms with Gasteiger partial charge in [-0.15, -0.1) is 0 Å². The maximum absolute atomic E-state index is 12.0. The Morgan fingerprint density at radius 3 is 2.67 bits per heavy atom. The van der Waals surface area contributed by atoms with Gasteiger partial charge in [0.1, 0.15) is 0 Å². The number of hydrogen-bond acceptors (Lipinski definition) is 4. The Kier molecular flexibility index (Phi) is 6.66. The van der Waals surface area contributed by atoms with Crippen molar-refractivity contribution < 1.29 is 14.6 Å². The molecule has 1 unspecified atom stereocenters. The van der Waals surface area contributed by atoms with Crippen LogP contribution in [0.3, 0.4) is 0 Å². The molecule has 1 aliphatic heterocycles. The maximum Gasteiger partial charge on any atom is 0.234 e. The first-order valence-corrected chi connectivity index (χ1v) is 7.52. The van der Waals surface area contributed by atoms with Gasteiger partial charge in [0, 0.05) is 32.2 Å². The second-order valence-electron chi connectivity index (χ2n) is 5.31. The van der Waals surface area contributed by atoms with E-state index in [1.165, 1.54) is 0 Å². The number of amides is 1. The van der Waals surface area contributed by atoms with Crippen molar-refractivity contribution in [3.63, 3.8) is 0 Å². The predicted octanol–water partition coefficient (Wildman–Crippen LogP) is 0.601. The van der Waals surface area contributed by atoms with Gasteiger partial charge in [0.05, 0.1) is 19.8 Å². The summed E-state index contributed by atoms with van der Waals surface area (Å²) in [7, 11) is 0. The lowest BCUT2D eigenvalue weighted by atomic mass is 9.96. The van der Waals surface area contributed by atoms with Crippen LogP contribution < -0.4 is 5.32 Å². The first kappa shape index (κ1) is 15.9. The number of morpholine rings is 1. The van der Waals surface area contributed by atoms with Gasteiger partial charge >= 0.3 is 0 Å². The van der Waals surface area contributed by atoms with Gasteiger partial charge in [0.2, 0.25) is 5.91 Å². The van der Waals surface area contributed by atoms with Gasteiger partial charge in [0.25, 0.3) is 0 Å². The molecule has 0 bridgehead atoms. The van der Waals surface area contributed by atoms with Gasteiger partial charge in [0.15, 0.2) is 0 Å². The third kappa shape index (κ3) is 5.46. The van der Waals surface area contributed by atoms with Crippen LogP contribution in [0.2, 0.25) is 0 Å². The van der Waals surface area contributed by atoms with Crippen molar-refractivity contribution in [3.8, 4) is 0 Å². The molecule has 1 atom stereocenters. The molecular formula is C16H24N2O3. The van der Waals surface area contributed by atoms with Gasteiger partial charge in [-0.05, 0) is 12.0 Å². The Bertz CT molecular complexity index is 419. The average Bonchev–Trinajstić information content (AvgIpc) is 2.53. The Morgan fingerprint density at radius 1 is 1.29 bits per heavy atom. The van der Waals surface area contributed by atoms with E-state index in [4.69, 9.17) is 4.74 Å². The van der Waals surface area contributed by atoms with E-state index in [1.807, 2.05) is 30.3 Å². The normalized spacial score (nSPS) is 17.4. The summed E-state index contributed by atoms with van der Waals surface area (Å²) in [6.45, 7) is 4.13. The lowest BCUT2D eigenvalue weighted by molar-refractivity contribution is -0.123. The molecule has 1 amide bonds. The van der Waals surface area contributed by atoms with Crippen LogP contribution in [0.25, 0.3) is 0 Å². The molecule has 0 saturated carbocycles. The predicted molar refractivity (Wildman–Crippen MR) is 81.2 cm³/mol. The van der Waals surface area contributed by atoms with Crippen LogP contribution in [0.5, 0.6) is 0 Å². The first-order valence-electron chi connectivity index (χ1n) is 7.52. The molecule has 116 valence electrons. The molecule has 0 radical (unpaired) electrons. The highest BCUT2D eigenvalue weighted by atomic mass is 16.5. The largest absolute Gasteiger partial charge is 0.396 e. The topological polar surface area (TPSA) is 61.8 Å². The molecule has 1 fully saturated rings. The number of aliphatic hydroxyl groups is 1. The van der Waals surface area contributed by atoms with E-state index >= 15 is 0 Å². The van der Waals surface area contributed by atoms with Crippen molar-refractivity contribution in [1.82, 2.24) is 10.2 Å². The van der Waals surface area contributed by atoms with Crippen LogP contribution >= 0.6 is 0 Å². The monoisotopic (exact) mass is 292 g/mol. The SMILES string of the molecule is O=C(CN1CCOCC1)NCC(CCO)c1ccccc1. The Hall–Kier alpha value is -1.43. The molecule has 21 heavy (non-hydrogen) atoms. The summed E-state index contributed by atoms with van der Waals surface area (Å²) in [4.78, 5) is 14.1. The summed E-state index contributed by atoms with van der Waals surface area (Å²) in [5, 5.41) is 12.2. The number of hydrogen-bond donors (Lipinski definition) is 2. The quantitative estimate of drug-likeness (QED) is 0.772. The number of nitrogens with zero attached hydrogens (tertiary/aromatic N) is 1. The maximum atomic E-state index is 12.0. The highest BCUT2D eigenvalue weighted by Gasteiger charge is 2.16. The highest BCUT2D eigenvalue weighted by Crippen LogP contribution is 2.18. The van der Waals surface area contributed by atoms with Gasteiger partial charge in [-0.3, -0.25) is 9.69 Å². The Labute approximate surface area is 125 Å². The molecule has 1 aliphatic rings. The zero-order valence-corrected chi connectivity index (χ0v) is 12.3. The van der Waals surface area contributed by atoms with Gasteiger partial charge in [-0.25, -0.2) is 0 Å². The van der Waals surface area contributed by atoms with Crippen molar-refractivity contribution in [2.75, 3.05) is 46.0 Å². The smallest absolute Gasteiger partial charge is 0.234 e. The minimum absolute atomic E-state index is 0.0378. The molecule has 1 heterocycles. The van der Waals surface area contributed by atoms with E-state index in [1.54, 1.807) is 0 Å². The standard InChI is InChI=1S/C16H24N2O3/c19-9-6-15(14-4-2-1-3-5-14)12-17-16(20)13-18-7-10-21-11-8-18/h1-5,15,19H,6-13H2,(H,17,20). The summed E-state index contributed by atoms with van der Waals surface area (Å²) in [6, 6.07) is 10.0. The van der Waals surface area contributed by atoms with Gasteiger partial charge in [-0.2, -0.15) is 0 Å². The average molecular weight is 292 g/mol. The molecule has 1 saturated heterocycles. The number of aliphatic hydroxyl groups excluding tert-OH is 1. The van der Waals surface area contributed by atoms with Gasteiger partial charge in [-0.1, -0.05) is 30.3 Å². The van der Waals surface area contributed by atoms with Crippen LogP contribution in [0.1, 0.15) is 17.9 Å². The van der Waals surface area contributed by atoms with E-state index < -0.39 is 0 Å². The van der Waals surface area contributed by atoms with Crippen LogP contribution in [-0.4, -0.2) is 61.9 Å². The second kappa shape index (κ2) is 8.77. The Morgan fingerprint density at radius 2 is 2.00 bits per heavy atom. The lowest BCUT2D eigenvalue weighted by Crippen LogP contribution is -2.43. The molecule has 0 aromatic heterocycles. The van der Waals surface area contributed by atoms with Gasteiger partial charge < -0.3 is 15.2 Å². The number of ether oxygens (including phenoxy) is 1. The fourth-order valence-corrected chi connectivity index (χ4v) is 2.52. The van der Waals surface area contributed by atoms with E-state index in [0.717, 1.165) is 18.7 Å². The summed E-state index contributed by atoms with van der Waals surface area (Å²) < 4.78 is 5.27. The second-order valence-corrected chi connectivity index (χ2v) is 5.31. The minimum Gasteiger partial charge on any atom is -0.396 e. The first-order chi connectivity index (χ1) is 10.3. The van der Waals surface area contributed by atoms with E-state index in [2.05, 4.69) is 10.2 Å². The van der Waals surface area contributed by atoms with Crippen molar-refractivity contribution in [3.05, 3.63) is 35.9 Å². The third-order valence-electron chi connectivity index (χ3n) is 3.77. The van der Waals surface area contributed by atoms with E-state index in [9.17, 15) is 9.90 Å². The van der Waals surface area contributed by atoms with Crippen LogP contribution in [0.15, 0.2) is 30.3 Å². The molecular weight excluding hydrogens is 268 g/mol. The fourth-order valence-electron chi connectivity index (χ4n) is 2.52. The number of carbonyl (C=O) groups excluding carboxylic acids is 1. The zero-order valence-electron chi connectivity index (χ0n) is 12.3. The van der Waals surface area contributed by atoms with E-state index in [-0.39, 0.29) is 18.4 Å². The minimum atomic E-state index is 0.0378. The fraction of sp³-hybridized carbons (Fsp3) is 0.562. The number of benzene rings is 1. The van der Waals surface area contributed by atoms with Crippen molar-refractivity contribution in [1.29, 1.82) is 0 Å². The van der Waals surface area contributed by atoms with Crippen molar-refractivity contribution >= 4 is 5.91 Å². The third-order valence-corrected chi connectivity index (χ3v) is 3.77. The van der Waals surface area contributed by atoms with Crippen LogP contribution in [0, 0.1) is 0 Å². The van der Waals surface area contributed by atoms with Crippen molar-refractivity contribution in [2.24, 2.45) is 0 Å². The van der Waals surface area contributed by atoms with E-state index in [0.29, 0.717) is 32.7 Å². The molecule has 0 spiro atoms. The molecule has 5 heteroatoms. The summed E-state index contributed by atoms with van der Waals surface area (Å²) in [5.74, 6) is 0.195. The van der Waals surface area contributed by atoms with Crippen LogP contribution in [-0.2, 0) is 9.53 Å². The molecule has 2 rings (SSSR count). The molecule has 0 aliphatic carbocycles. The number of nitrogens with one attached hydrogen (secondary N) is 1. The lowest BCUT2D eigenvalue weighted by Gasteiger charge is -2.26. The summed E-state index contributed by atoms with van der Waals surface area (Å²) in [6.07, 6.45) is 0.655. The zero-order chi connectivity index (χ0) is 14.9. The number of rotatable bonds is 7.